The molecule has 0 aliphatic carbocycles. The van der Waals surface area contributed by atoms with E-state index in [-0.39, 0.29) is 0 Å². The molecule has 12 heavy (non-hydrogen) atoms. The summed E-state index contributed by atoms with van der Waals surface area (Å²) in [7, 11) is 1.64. The number of hydrogen-bond acceptors (Lipinski definition) is 1. The summed E-state index contributed by atoms with van der Waals surface area (Å²) in [5, 5.41) is 1.60. The van der Waals surface area contributed by atoms with Gasteiger partial charge < -0.3 is 4.74 Å². The third-order valence-corrected chi connectivity index (χ3v) is 2.31. The van der Waals surface area contributed by atoms with Crippen LogP contribution in [0.3, 0.4) is 0 Å². The Morgan fingerprint density at radius 2 is 2.25 bits per heavy atom. The molecule has 0 saturated carbocycles. The van der Waals surface area contributed by atoms with Gasteiger partial charge in [0.05, 0.1) is 12.1 Å². The number of alkyl halides is 1. The molecule has 0 unspecified atom stereocenters. The molecule has 66 valence electrons. The molecule has 1 aromatic carbocycles. The second kappa shape index (κ2) is 4.73. The molecule has 1 rings (SSSR count). The van der Waals surface area contributed by atoms with Crippen molar-refractivity contribution in [2.24, 2.45) is 0 Å². The van der Waals surface area contributed by atoms with Crippen molar-refractivity contribution in [1.82, 2.24) is 0 Å². The first-order chi connectivity index (χ1) is 5.79. The minimum atomic E-state index is 0.677. The quantitative estimate of drug-likeness (QED) is 0.747. The van der Waals surface area contributed by atoms with E-state index in [0.717, 1.165) is 23.1 Å². The average Bonchev–Trinajstić information content (AvgIpc) is 2.05. The maximum atomic E-state index is 5.92. The molecular weight excluding hydrogens is 239 g/mol. The van der Waals surface area contributed by atoms with Crippen LogP contribution >= 0.6 is 27.5 Å². The largest absolute Gasteiger partial charge is 0.495 e. The highest BCUT2D eigenvalue weighted by Gasteiger charge is 2.05. The summed E-state index contributed by atoms with van der Waals surface area (Å²) in [5.41, 5.74) is 1.14. The highest BCUT2D eigenvalue weighted by Crippen LogP contribution is 2.28. The number of hydrogen-bond donors (Lipinski definition) is 0. The van der Waals surface area contributed by atoms with Crippen LogP contribution in [0.1, 0.15) is 5.56 Å². The highest BCUT2D eigenvalue weighted by molar-refractivity contribution is 9.09. The van der Waals surface area contributed by atoms with E-state index < -0.39 is 0 Å². The van der Waals surface area contributed by atoms with E-state index in [4.69, 9.17) is 16.3 Å². The van der Waals surface area contributed by atoms with Crippen LogP contribution in [0.5, 0.6) is 5.75 Å². The van der Waals surface area contributed by atoms with Gasteiger partial charge in [0.25, 0.3) is 0 Å². The number of rotatable bonds is 3. The Morgan fingerprint density at radius 3 is 2.83 bits per heavy atom. The Morgan fingerprint density at radius 1 is 1.50 bits per heavy atom. The molecule has 0 N–H and O–H groups in total. The summed E-state index contributed by atoms with van der Waals surface area (Å²) in [5.74, 6) is 0.790. The summed E-state index contributed by atoms with van der Waals surface area (Å²) in [4.78, 5) is 0. The maximum Gasteiger partial charge on any atom is 0.140 e. The zero-order valence-electron chi connectivity index (χ0n) is 6.81. The summed E-state index contributed by atoms with van der Waals surface area (Å²) in [6.07, 6.45) is 0.934. The van der Waals surface area contributed by atoms with Crippen molar-refractivity contribution in [3.8, 4) is 5.75 Å². The Balaban J connectivity index is 3.00. The molecular formula is C9H10BrClO. The molecule has 0 aliphatic rings. The molecule has 0 aromatic heterocycles. The lowest BCUT2D eigenvalue weighted by Crippen LogP contribution is -1.93. The van der Waals surface area contributed by atoms with Crippen LogP contribution < -0.4 is 4.74 Å². The standard InChI is InChI=1S/C9H10BrClO/c1-12-9-7(5-6-10)3-2-4-8(9)11/h2-4H,5-6H2,1H3. The van der Waals surface area contributed by atoms with Crippen LogP contribution in [0.4, 0.5) is 0 Å². The van der Waals surface area contributed by atoms with Gasteiger partial charge in [-0.15, -0.1) is 0 Å². The first-order valence-electron chi connectivity index (χ1n) is 3.67. The normalized spacial score (nSPS) is 9.92. The monoisotopic (exact) mass is 248 g/mol. The molecule has 0 radical (unpaired) electrons. The van der Waals surface area contributed by atoms with E-state index in [9.17, 15) is 0 Å². The number of benzene rings is 1. The molecule has 0 fully saturated rings. The number of ether oxygens (including phenoxy) is 1. The summed E-state index contributed by atoms with van der Waals surface area (Å²) >= 11 is 9.30. The van der Waals surface area contributed by atoms with Crippen molar-refractivity contribution in [1.29, 1.82) is 0 Å². The van der Waals surface area contributed by atoms with Crippen molar-refractivity contribution < 1.29 is 4.74 Å². The predicted molar refractivity (Wildman–Crippen MR) is 55.5 cm³/mol. The Kier molecular flexibility index (Phi) is 3.89. The fraction of sp³-hybridized carbons (Fsp3) is 0.333. The van der Waals surface area contributed by atoms with Crippen molar-refractivity contribution in [2.45, 2.75) is 6.42 Å². The number of aryl methyl sites for hydroxylation is 1. The smallest absolute Gasteiger partial charge is 0.140 e. The van der Waals surface area contributed by atoms with E-state index in [1.54, 1.807) is 7.11 Å². The van der Waals surface area contributed by atoms with E-state index in [1.807, 2.05) is 18.2 Å². The minimum absolute atomic E-state index is 0.677. The number of methoxy groups -OCH3 is 1. The third-order valence-electron chi connectivity index (χ3n) is 1.62. The first kappa shape index (κ1) is 9.87. The van der Waals surface area contributed by atoms with Gasteiger partial charge in [0.2, 0.25) is 0 Å². The molecule has 0 heterocycles. The SMILES string of the molecule is COc1c(Cl)cccc1CCBr. The number of para-hydroxylation sites is 1. The molecule has 3 heteroatoms. The third kappa shape index (κ3) is 2.14. The summed E-state index contributed by atoms with van der Waals surface area (Å²) in [6.45, 7) is 0. The highest BCUT2D eigenvalue weighted by atomic mass is 79.9. The topological polar surface area (TPSA) is 9.23 Å². The van der Waals surface area contributed by atoms with E-state index in [2.05, 4.69) is 15.9 Å². The molecule has 0 aliphatic heterocycles. The lowest BCUT2D eigenvalue weighted by molar-refractivity contribution is 0.410. The Labute approximate surface area is 85.8 Å². The van der Waals surface area contributed by atoms with Gasteiger partial charge in [0, 0.05) is 5.33 Å². The van der Waals surface area contributed by atoms with Crippen molar-refractivity contribution in [2.75, 3.05) is 12.4 Å². The zero-order chi connectivity index (χ0) is 8.97. The maximum absolute atomic E-state index is 5.92. The Hall–Kier alpha value is -0.210. The first-order valence-corrected chi connectivity index (χ1v) is 5.17. The molecule has 0 bridgehead atoms. The molecule has 0 saturated heterocycles. The van der Waals surface area contributed by atoms with Gasteiger partial charge in [0.1, 0.15) is 5.75 Å². The Bertz CT molecular complexity index is 263. The minimum Gasteiger partial charge on any atom is -0.495 e. The van der Waals surface area contributed by atoms with Crippen LogP contribution in [0.2, 0.25) is 5.02 Å². The van der Waals surface area contributed by atoms with Gasteiger partial charge >= 0.3 is 0 Å². The molecule has 0 amide bonds. The van der Waals surface area contributed by atoms with E-state index in [1.165, 1.54) is 0 Å². The fourth-order valence-electron chi connectivity index (χ4n) is 1.08. The molecule has 1 aromatic rings. The van der Waals surface area contributed by atoms with Crippen LogP contribution in [0.25, 0.3) is 0 Å². The second-order valence-corrected chi connectivity index (χ2v) is 3.57. The van der Waals surface area contributed by atoms with Gasteiger partial charge in [-0.05, 0) is 18.1 Å². The van der Waals surface area contributed by atoms with Gasteiger partial charge in [-0.25, -0.2) is 0 Å². The van der Waals surface area contributed by atoms with Gasteiger partial charge in [0.15, 0.2) is 0 Å². The van der Waals surface area contributed by atoms with Crippen molar-refractivity contribution in [3.05, 3.63) is 28.8 Å². The van der Waals surface area contributed by atoms with E-state index in [0.29, 0.717) is 5.02 Å². The predicted octanol–water partition coefficient (Wildman–Crippen LogP) is 3.29. The second-order valence-electron chi connectivity index (χ2n) is 2.37. The average molecular weight is 250 g/mol. The van der Waals surface area contributed by atoms with Gasteiger partial charge in [-0.3, -0.25) is 0 Å². The van der Waals surface area contributed by atoms with Crippen LogP contribution in [-0.4, -0.2) is 12.4 Å². The van der Waals surface area contributed by atoms with Crippen LogP contribution in [-0.2, 0) is 6.42 Å². The van der Waals surface area contributed by atoms with Gasteiger partial charge in [-0.1, -0.05) is 39.7 Å². The van der Waals surface area contributed by atoms with Crippen molar-refractivity contribution >= 4 is 27.5 Å². The van der Waals surface area contributed by atoms with Crippen molar-refractivity contribution in [3.63, 3.8) is 0 Å². The molecule has 0 atom stereocenters. The molecule has 1 nitrogen and oxygen atoms in total. The molecule has 0 spiro atoms. The van der Waals surface area contributed by atoms with Crippen LogP contribution in [0, 0.1) is 0 Å². The van der Waals surface area contributed by atoms with Crippen LogP contribution in [0.15, 0.2) is 18.2 Å². The van der Waals surface area contributed by atoms with E-state index >= 15 is 0 Å². The lowest BCUT2D eigenvalue weighted by atomic mass is 10.1. The zero-order valence-corrected chi connectivity index (χ0v) is 9.15. The summed E-state index contributed by atoms with van der Waals surface area (Å²) in [6, 6.07) is 5.78. The number of halogens is 2. The fourth-order valence-corrected chi connectivity index (χ4v) is 1.78. The van der Waals surface area contributed by atoms with Gasteiger partial charge in [-0.2, -0.15) is 0 Å². The lowest BCUT2D eigenvalue weighted by Gasteiger charge is -2.07. The summed E-state index contributed by atoms with van der Waals surface area (Å²) < 4.78 is 5.18.